The summed E-state index contributed by atoms with van der Waals surface area (Å²) < 4.78 is 0. The first-order valence-corrected chi connectivity index (χ1v) is 7.82. The topological polar surface area (TPSA) is 62.3 Å². The maximum Gasteiger partial charge on any atom is 0.256 e. The molecule has 0 radical (unpaired) electrons. The van der Waals surface area contributed by atoms with Crippen molar-refractivity contribution in [3.63, 3.8) is 0 Å². The Bertz CT molecular complexity index is 817. The van der Waals surface area contributed by atoms with Crippen LogP contribution in [0.3, 0.4) is 0 Å². The molecule has 1 aromatic heterocycles. The number of hydrogen-bond acceptors (Lipinski definition) is 3. The van der Waals surface area contributed by atoms with E-state index >= 15 is 0 Å². The molecular formula is C17H18ClN3O2. The molecule has 0 saturated carbocycles. The summed E-state index contributed by atoms with van der Waals surface area (Å²) in [5.41, 5.74) is 1.35. The van der Waals surface area contributed by atoms with Crippen LogP contribution < -0.4 is 5.32 Å². The van der Waals surface area contributed by atoms with Crippen LogP contribution in [0.5, 0.6) is 0 Å². The van der Waals surface area contributed by atoms with Crippen molar-refractivity contribution in [2.24, 2.45) is 0 Å². The van der Waals surface area contributed by atoms with Gasteiger partial charge in [0.15, 0.2) is 0 Å². The summed E-state index contributed by atoms with van der Waals surface area (Å²) in [5.74, 6) is -0.330. The number of carbonyl (C=O) groups is 2. The fourth-order valence-corrected chi connectivity index (χ4v) is 3.01. The van der Waals surface area contributed by atoms with E-state index in [1.54, 1.807) is 24.0 Å². The van der Waals surface area contributed by atoms with Crippen LogP contribution in [0.1, 0.15) is 29.9 Å². The van der Waals surface area contributed by atoms with E-state index < -0.39 is 5.54 Å². The maximum atomic E-state index is 13.0. The first-order chi connectivity index (χ1) is 10.8. The van der Waals surface area contributed by atoms with Gasteiger partial charge in [0, 0.05) is 11.9 Å². The van der Waals surface area contributed by atoms with Crippen molar-refractivity contribution in [2.45, 2.75) is 26.3 Å². The van der Waals surface area contributed by atoms with Crippen LogP contribution in [-0.2, 0) is 4.79 Å². The van der Waals surface area contributed by atoms with Gasteiger partial charge in [0.25, 0.3) is 5.91 Å². The SMILES string of the molecule is Cc1nc2c(Cl)cccc2cc1C(=O)N1CC(=O)NCC1(C)C. The van der Waals surface area contributed by atoms with Crippen LogP contribution in [0.25, 0.3) is 10.9 Å². The minimum absolute atomic E-state index is 0.0544. The number of nitrogens with zero attached hydrogens (tertiary/aromatic N) is 2. The van der Waals surface area contributed by atoms with Crippen LogP contribution in [0, 0.1) is 6.92 Å². The first kappa shape index (κ1) is 15.7. The third kappa shape index (κ3) is 2.77. The van der Waals surface area contributed by atoms with E-state index in [9.17, 15) is 9.59 Å². The predicted octanol–water partition coefficient (Wildman–Crippen LogP) is 2.55. The van der Waals surface area contributed by atoms with E-state index in [1.165, 1.54) is 0 Å². The Hall–Kier alpha value is -2.14. The highest BCUT2D eigenvalue weighted by molar-refractivity contribution is 6.35. The molecule has 6 heteroatoms. The molecule has 3 rings (SSSR count). The summed E-state index contributed by atoms with van der Waals surface area (Å²) in [6, 6.07) is 7.27. The van der Waals surface area contributed by atoms with Crippen LogP contribution in [0.4, 0.5) is 0 Å². The summed E-state index contributed by atoms with van der Waals surface area (Å²) in [7, 11) is 0. The highest BCUT2D eigenvalue weighted by atomic mass is 35.5. The third-order valence-electron chi connectivity index (χ3n) is 4.21. The minimum atomic E-state index is -0.444. The van der Waals surface area contributed by atoms with Crippen molar-refractivity contribution in [3.05, 3.63) is 40.5 Å². The number of aryl methyl sites for hydroxylation is 1. The average molecular weight is 332 g/mol. The number of pyridine rings is 1. The minimum Gasteiger partial charge on any atom is -0.352 e. The van der Waals surface area contributed by atoms with Crippen molar-refractivity contribution in [3.8, 4) is 0 Å². The molecule has 120 valence electrons. The zero-order valence-corrected chi connectivity index (χ0v) is 14.1. The lowest BCUT2D eigenvalue weighted by Crippen LogP contribution is -2.62. The molecule has 1 fully saturated rings. The van der Waals surface area contributed by atoms with Crippen molar-refractivity contribution < 1.29 is 9.59 Å². The summed E-state index contributed by atoms with van der Waals surface area (Å²) in [5, 5.41) is 4.16. The number of hydrogen-bond donors (Lipinski definition) is 1. The third-order valence-corrected chi connectivity index (χ3v) is 4.52. The van der Waals surface area contributed by atoms with Crippen molar-refractivity contribution in [2.75, 3.05) is 13.1 Å². The fourth-order valence-electron chi connectivity index (χ4n) is 2.79. The molecule has 1 aliphatic rings. The van der Waals surface area contributed by atoms with Gasteiger partial charge in [-0.05, 0) is 32.9 Å². The zero-order chi connectivity index (χ0) is 16.8. The lowest BCUT2D eigenvalue weighted by molar-refractivity contribution is -0.126. The smallest absolute Gasteiger partial charge is 0.256 e. The molecule has 2 heterocycles. The van der Waals surface area contributed by atoms with E-state index in [0.29, 0.717) is 28.3 Å². The Morgan fingerprint density at radius 3 is 2.87 bits per heavy atom. The predicted molar refractivity (Wildman–Crippen MR) is 89.6 cm³/mol. The van der Waals surface area contributed by atoms with Crippen LogP contribution in [-0.4, -0.2) is 40.3 Å². The second-order valence-corrected chi connectivity index (χ2v) is 6.82. The van der Waals surface area contributed by atoms with Gasteiger partial charge >= 0.3 is 0 Å². The van der Waals surface area contributed by atoms with Gasteiger partial charge in [-0.15, -0.1) is 0 Å². The number of para-hydroxylation sites is 1. The molecule has 0 unspecified atom stereocenters. The molecule has 23 heavy (non-hydrogen) atoms. The Kier molecular flexibility index (Phi) is 3.76. The van der Waals surface area contributed by atoms with E-state index in [4.69, 9.17) is 11.6 Å². The van der Waals surface area contributed by atoms with Crippen LogP contribution in [0.15, 0.2) is 24.3 Å². The highest BCUT2D eigenvalue weighted by Gasteiger charge is 2.37. The van der Waals surface area contributed by atoms with Gasteiger partial charge < -0.3 is 10.2 Å². The molecule has 5 nitrogen and oxygen atoms in total. The molecule has 0 aliphatic carbocycles. The number of halogens is 1. The molecule has 1 N–H and O–H groups in total. The largest absolute Gasteiger partial charge is 0.352 e. The van der Waals surface area contributed by atoms with Gasteiger partial charge in [-0.1, -0.05) is 23.7 Å². The second kappa shape index (κ2) is 5.49. The molecule has 2 amide bonds. The van der Waals surface area contributed by atoms with Gasteiger partial charge in [-0.3, -0.25) is 14.6 Å². The summed E-state index contributed by atoms with van der Waals surface area (Å²) in [4.78, 5) is 30.8. The number of nitrogens with one attached hydrogen (secondary N) is 1. The molecule has 0 bridgehead atoms. The number of fused-ring (bicyclic) bond motifs is 1. The lowest BCUT2D eigenvalue weighted by Gasteiger charge is -2.42. The van der Waals surface area contributed by atoms with Gasteiger partial charge in [-0.25, -0.2) is 0 Å². The number of rotatable bonds is 1. The van der Waals surface area contributed by atoms with Crippen molar-refractivity contribution in [1.29, 1.82) is 0 Å². The Morgan fingerprint density at radius 1 is 1.39 bits per heavy atom. The van der Waals surface area contributed by atoms with Gasteiger partial charge in [0.1, 0.15) is 6.54 Å². The monoisotopic (exact) mass is 331 g/mol. The fraction of sp³-hybridized carbons (Fsp3) is 0.353. The Morgan fingerprint density at radius 2 is 2.13 bits per heavy atom. The van der Waals surface area contributed by atoms with E-state index in [0.717, 1.165) is 5.39 Å². The summed E-state index contributed by atoms with van der Waals surface area (Å²) >= 11 is 6.16. The van der Waals surface area contributed by atoms with Crippen molar-refractivity contribution in [1.82, 2.24) is 15.2 Å². The molecule has 2 aromatic rings. The summed E-state index contributed by atoms with van der Waals surface area (Å²) in [6.45, 7) is 6.14. The highest BCUT2D eigenvalue weighted by Crippen LogP contribution is 2.26. The van der Waals surface area contributed by atoms with Gasteiger partial charge in [0.2, 0.25) is 5.91 Å². The lowest BCUT2D eigenvalue weighted by atomic mass is 9.97. The number of carbonyl (C=O) groups excluding carboxylic acids is 2. The van der Waals surface area contributed by atoms with Gasteiger partial charge in [-0.2, -0.15) is 0 Å². The number of benzene rings is 1. The molecule has 0 atom stereocenters. The van der Waals surface area contributed by atoms with Crippen molar-refractivity contribution >= 4 is 34.3 Å². The molecule has 0 spiro atoms. The number of piperazine rings is 1. The Balaban J connectivity index is 2.07. The second-order valence-electron chi connectivity index (χ2n) is 6.41. The molecule has 1 aromatic carbocycles. The van der Waals surface area contributed by atoms with Crippen LogP contribution >= 0.6 is 11.6 Å². The molecule has 1 saturated heterocycles. The van der Waals surface area contributed by atoms with Gasteiger partial charge in [0.05, 0.1) is 27.3 Å². The molecular weight excluding hydrogens is 314 g/mol. The number of aromatic nitrogens is 1. The van der Waals surface area contributed by atoms with E-state index in [-0.39, 0.29) is 18.4 Å². The van der Waals surface area contributed by atoms with Crippen LogP contribution in [0.2, 0.25) is 5.02 Å². The average Bonchev–Trinajstić information content (AvgIpc) is 2.49. The maximum absolute atomic E-state index is 13.0. The normalized spacial score (nSPS) is 17.2. The molecule has 1 aliphatic heterocycles. The van der Waals surface area contributed by atoms with E-state index in [1.807, 2.05) is 26.0 Å². The zero-order valence-electron chi connectivity index (χ0n) is 13.3. The van der Waals surface area contributed by atoms with E-state index in [2.05, 4.69) is 10.3 Å². The Labute approximate surface area is 139 Å². The quantitative estimate of drug-likeness (QED) is 0.873. The standard InChI is InChI=1S/C17H18ClN3O2/c1-10-12(7-11-5-4-6-13(18)15(11)20-10)16(23)21-8-14(22)19-9-17(21,2)3/h4-7H,8-9H2,1-3H3,(H,19,22). The number of amides is 2. The first-order valence-electron chi connectivity index (χ1n) is 7.44. The summed E-state index contributed by atoms with van der Waals surface area (Å²) in [6.07, 6.45) is 0.